The van der Waals surface area contributed by atoms with Crippen molar-refractivity contribution in [1.82, 2.24) is 9.88 Å². The topological polar surface area (TPSA) is 119 Å². The van der Waals surface area contributed by atoms with Gasteiger partial charge in [-0.1, -0.05) is 15.9 Å². The Morgan fingerprint density at radius 1 is 1.32 bits per heavy atom. The lowest BCUT2D eigenvalue weighted by atomic mass is 9.96. The number of benzene rings is 1. The number of nitriles is 2. The normalized spacial score (nSPS) is 9.80. The zero-order valence-corrected chi connectivity index (χ0v) is 15.7. The quantitative estimate of drug-likeness (QED) is 0.719. The molecule has 25 heavy (non-hydrogen) atoms. The number of nitrogen functional groups attached to an aromatic ring is 1. The van der Waals surface area contributed by atoms with Gasteiger partial charge < -0.3 is 20.4 Å². The SMILES string of the molecule is CN(C)C(=S)Oc1cc(Br)ccc1-c1c(C#N)c(N)[nH]c(=O)c1C#N. The largest absolute Gasteiger partial charge is 0.431 e. The molecule has 0 unspecified atom stereocenters. The number of nitrogens with zero attached hydrogens (tertiary/aromatic N) is 3. The van der Waals surface area contributed by atoms with E-state index in [1.807, 2.05) is 12.1 Å². The molecule has 7 nitrogen and oxygen atoms in total. The van der Waals surface area contributed by atoms with E-state index in [0.717, 1.165) is 0 Å². The zero-order chi connectivity index (χ0) is 18.7. The average molecular weight is 418 g/mol. The predicted molar refractivity (Wildman–Crippen MR) is 101 cm³/mol. The van der Waals surface area contributed by atoms with Gasteiger partial charge in [-0.25, -0.2) is 0 Å². The summed E-state index contributed by atoms with van der Waals surface area (Å²) >= 11 is 8.49. The van der Waals surface area contributed by atoms with Gasteiger partial charge >= 0.3 is 0 Å². The minimum absolute atomic E-state index is 0.0147. The van der Waals surface area contributed by atoms with Gasteiger partial charge in [0.1, 0.15) is 34.8 Å². The lowest BCUT2D eigenvalue weighted by Crippen LogP contribution is -2.25. The van der Waals surface area contributed by atoms with E-state index in [4.69, 9.17) is 22.7 Å². The second kappa shape index (κ2) is 7.34. The van der Waals surface area contributed by atoms with Crippen molar-refractivity contribution < 1.29 is 4.74 Å². The van der Waals surface area contributed by atoms with Gasteiger partial charge in [0, 0.05) is 29.7 Å². The van der Waals surface area contributed by atoms with Crippen LogP contribution in [0.5, 0.6) is 5.75 Å². The highest BCUT2D eigenvalue weighted by atomic mass is 79.9. The van der Waals surface area contributed by atoms with Crippen molar-refractivity contribution in [3.8, 4) is 29.0 Å². The number of anilines is 1. The van der Waals surface area contributed by atoms with E-state index in [1.54, 1.807) is 37.2 Å². The van der Waals surface area contributed by atoms with Gasteiger partial charge in [-0.2, -0.15) is 10.5 Å². The zero-order valence-electron chi connectivity index (χ0n) is 13.3. The van der Waals surface area contributed by atoms with Gasteiger partial charge in [0.2, 0.25) is 0 Å². The molecule has 1 aromatic carbocycles. The van der Waals surface area contributed by atoms with Crippen molar-refractivity contribution in [3.63, 3.8) is 0 Å². The van der Waals surface area contributed by atoms with Gasteiger partial charge in [-0.05, 0) is 30.4 Å². The van der Waals surface area contributed by atoms with E-state index in [0.29, 0.717) is 10.0 Å². The van der Waals surface area contributed by atoms with Crippen molar-refractivity contribution in [1.29, 1.82) is 10.5 Å². The van der Waals surface area contributed by atoms with Crippen LogP contribution in [0, 0.1) is 22.7 Å². The first-order valence-corrected chi connectivity index (χ1v) is 8.05. The molecule has 0 radical (unpaired) electrons. The minimum Gasteiger partial charge on any atom is -0.431 e. The third kappa shape index (κ3) is 3.63. The van der Waals surface area contributed by atoms with Crippen LogP contribution in [0.3, 0.4) is 0 Å². The van der Waals surface area contributed by atoms with E-state index in [1.165, 1.54) is 0 Å². The lowest BCUT2D eigenvalue weighted by Gasteiger charge is -2.18. The molecule has 0 saturated heterocycles. The molecule has 1 aromatic heterocycles. The van der Waals surface area contributed by atoms with Crippen LogP contribution in [-0.2, 0) is 0 Å². The molecule has 0 bridgehead atoms. The van der Waals surface area contributed by atoms with Crippen LogP contribution in [0.1, 0.15) is 11.1 Å². The highest BCUT2D eigenvalue weighted by Crippen LogP contribution is 2.37. The Bertz CT molecular complexity index is 1000. The van der Waals surface area contributed by atoms with Gasteiger partial charge in [-0.3, -0.25) is 4.79 Å². The Balaban J connectivity index is 2.84. The Labute approximate surface area is 157 Å². The number of pyridine rings is 1. The number of halogens is 1. The molecule has 0 amide bonds. The highest BCUT2D eigenvalue weighted by Gasteiger charge is 2.22. The smallest absolute Gasteiger partial charge is 0.268 e. The van der Waals surface area contributed by atoms with Crippen LogP contribution in [0.25, 0.3) is 11.1 Å². The summed E-state index contributed by atoms with van der Waals surface area (Å²) in [6.45, 7) is 0. The monoisotopic (exact) mass is 417 g/mol. The van der Waals surface area contributed by atoms with Gasteiger partial charge in [0.25, 0.3) is 10.7 Å². The molecule has 126 valence electrons. The second-order valence-corrected chi connectivity index (χ2v) is 6.38. The number of thiocarbonyl (C=S) groups is 1. The number of rotatable bonds is 2. The maximum absolute atomic E-state index is 12.1. The molecule has 0 aliphatic heterocycles. The summed E-state index contributed by atoms with van der Waals surface area (Å²) in [4.78, 5) is 16.0. The summed E-state index contributed by atoms with van der Waals surface area (Å²) < 4.78 is 6.37. The maximum Gasteiger partial charge on any atom is 0.268 e. The van der Waals surface area contributed by atoms with E-state index >= 15 is 0 Å². The molecular formula is C16H12BrN5O2S. The van der Waals surface area contributed by atoms with Crippen molar-refractivity contribution in [2.45, 2.75) is 0 Å². The van der Waals surface area contributed by atoms with E-state index < -0.39 is 5.56 Å². The number of nitrogens with one attached hydrogen (secondary N) is 1. The number of aromatic nitrogens is 1. The van der Waals surface area contributed by atoms with E-state index in [2.05, 4.69) is 20.9 Å². The molecule has 0 spiro atoms. The third-order valence-electron chi connectivity index (χ3n) is 3.24. The van der Waals surface area contributed by atoms with Gasteiger partial charge in [0.15, 0.2) is 0 Å². The van der Waals surface area contributed by atoms with Crippen molar-refractivity contribution in [3.05, 3.63) is 44.2 Å². The van der Waals surface area contributed by atoms with Crippen molar-refractivity contribution >= 4 is 39.1 Å². The fourth-order valence-electron chi connectivity index (χ4n) is 2.09. The summed E-state index contributed by atoms with van der Waals surface area (Å²) in [5.74, 6) is 0.164. The van der Waals surface area contributed by atoms with Crippen LogP contribution < -0.4 is 16.0 Å². The van der Waals surface area contributed by atoms with Crippen LogP contribution >= 0.6 is 28.1 Å². The number of ether oxygens (including phenoxy) is 1. The summed E-state index contributed by atoms with van der Waals surface area (Å²) in [6.07, 6.45) is 0. The Morgan fingerprint density at radius 2 is 1.96 bits per heavy atom. The van der Waals surface area contributed by atoms with Crippen molar-refractivity contribution in [2.75, 3.05) is 19.8 Å². The first kappa shape index (κ1) is 18.5. The molecule has 0 aliphatic rings. The summed E-state index contributed by atoms with van der Waals surface area (Å²) in [5, 5.41) is 19.0. The molecule has 0 atom stereocenters. The fraction of sp³-hybridized carbons (Fsp3) is 0.125. The summed E-state index contributed by atoms with van der Waals surface area (Å²) in [6, 6.07) is 8.69. The Morgan fingerprint density at radius 3 is 2.52 bits per heavy atom. The van der Waals surface area contributed by atoms with Crippen LogP contribution in [0.15, 0.2) is 27.5 Å². The molecule has 0 fully saturated rings. The lowest BCUT2D eigenvalue weighted by molar-refractivity contribution is 0.450. The van der Waals surface area contributed by atoms with Crippen LogP contribution in [0.2, 0.25) is 0 Å². The number of nitrogens with two attached hydrogens (primary N) is 1. The first-order chi connectivity index (χ1) is 11.8. The maximum atomic E-state index is 12.1. The Hall–Kier alpha value is -2.88. The standard InChI is InChI=1S/C16H12BrN5O2S/c1-22(2)16(25)24-12-5-8(17)3-4-9(12)13-10(6-18)14(20)21-15(23)11(13)7-19/h3-5H,1-2H3,(H3,20,21,23). The van der Waals surface area contributed by atoms with Gasteiger partial charge in [-0.15, -0.1) is 0 Å². The molecule has 2 rings (SSSR count). The predicted octanol–water partition coefficient (Wildman–Crippen LogP) is 2.36. The minimum atomic E-state index is -0.682. The van der Waals surface area contributed by atoms with Crippen molar-refractivity contribution in [2.24, 2.45) is 0 Å². The first-order valence-electron chi connectivity index (χ1n) is 6.85. The number of aromatic amines is 1. The fourth-order valence-corrected chi connectivity index (χ4v) is 2.52. The molecule has 0 aliphatic carbocycles. The number of hydrogen-bond donors (Lipinski definition) is 2. The average Bonchev–Trinajstić information content (AvgIpc) is 2.54. The molecule has 1 heterocycles. The molecule has 2 aromatic rings. The summed E-state index contributed by atoms with van der Waals surface area (Å²) in [5.41, 5.74) is 5.29. The van der Waals surface area contributed by atoms with Crippen LogP contribution in [0.4, 0.5) is 5.82 Å². The Kier molecular flexibility index (Phi) is 5.42. The number of H-pyrrole nitrogens is 1. The second-order valence-electron chi connectivity index (χ2n) is 5.12. The summed E-state index contributed by atoms with van der Waals surface area (Å²) in [7, 11) is 3.43. The van der Waals surface area contributed by atoms with E-state index in [9.17, 15) is 15.3 Å². The number of hydrogen-bond acceptors (Lipinski definition) is 6. The van der Waals surface area contributed by atoms with E-state index in [-0.39, 0.29) is 33.4 Å². The molecule has 9 heteroatoms. The van der Waals surface area contributed by atoms with Gasteiger partial charge in [0.05, 0.1) is 0 Å². The third-order valence-corrected chi connectivity index (χ3v) is 4.19. The molecular weight excluding hydrogens is 406 g/mol. The highest BCUT2D eigenvalue weighted by molar-refractivity contribution is 9.10. The molecule has 0 saturated carbocycles. The molecule has 3 N–H and O–H groups in total. The van der Waals surface area contributed by atoms with Crippen LogP contribution in [-0.4, -0.2) is 29.2 Å².